The molecule has 0 aromatic carbocycles. The van der Waals surface area contributed by atoms with Crippen molar-refractivity contribution in [3.63, 3.8) is 0 Å². The topological polar surface area (TPSA) is 56.1 Å². The van der Waals surface area contributed by atoms with Crippen LogP contribution in [0, 0.1) is 17.2 Å². The monoisotopic (exact) mass is 279 g/mol. The molecule has 4 nitrogen and oxygen atoms in total. The van der Waals surface area contributed by atoms with E-state index in [0.29, 0.717) is 12.5 Å². The second kappa shape index (κ2) is 11.3. The first kappa shape index (κ1) is 18.5. The summed E-state index contributed by atoms with van der Waals surface area (Å²) in [5.74, 6) is 0.120. The van der Waals surface area contributed by atoms with E-state index in [2.05, 4.69) is 24.1 Å². The minimum atomic E-state index is -0.265. The van der Waals surface area contributed by atoms with Crippen molar-refractivity contribution in [2.45, 2.75) is 53.4 Å². The number of nitrogens with one attached hydrogen (secondary N) is 1. The molecule has 0 heterocycles. The van der Waals surface area contributed by atoms with Gasteiger partial charge in [0.25, 0.3) is 5.91 Å². The Morgan fingerprint density at radius 3 is 2.20 bits per heavy atom. The average Bonchev–Trinajstić information content (AvgIpc) is 2.44. The molecular formula is C16H29N3O. The molecule has 0 unspecified atom stereocenters. The lowest BCUT2D eigenvalue weighted by atomic mass is 10.2. The number of amides is 1. The fraction of sp³-hybridized carbons (Fsp3) is 0.750. The summed E-state index contributed by atoms with van der Waals surface area (Å²) in [6.45, 7) is 10.8. The van der Waals surface area contributed by atoms with Crippen LogP contribution in [0.4, 0.5) is 0 Å². The molecule has 0 aliphatic heterocycles. The van der Waals surface area contributed by atoms with Gasteiger partial charge >= 0.3 is 0 Å². The number of carbonyl (C=O) groups excluding carboxylic acids is 1. The molecule has 0 aliphatic carbocycles. The van der Waals surface area contributed by atoms with Gasteiger partial charge in [-0.05, 0) is 18.8 Å². The van der Waals surface area contributed by atoms with E-state index in [0.717, 1.165) is 38.8 Å². The first-order valence-electron chi connectivity index (χ1n) is 7.69. The largest absolute Gasteiger partial charge is 0.376 e. The number of hydrogen-bond donors (Lipinski definition) is 1. The highest BCUT2D eigenvalue weighted by Crippen LogP contribution is 2.04. The number of rotatable bonds is 10. The van der Waals surface area contributed by atoms with Crippen molar-refractivity contribution in [1.82, 2.24) is 10.2 Å². The highest BCUT2D eigenvalue weighted by Gasteiger charge is 2.11. The summed E-state index contributed by atoms with van der Waals surface area (Å²) in [5.41, 5.74) is 0.206. The molecule has 1 amide bonds. The molecular weight excluding hydrogens is 250 g/mol. The van der Waals surface area contributed by atoms with Gasteiger partial charge in [0, 0.05) is 25.8 Å². The predicted molar refractivity (Wildman–Crippen MR) is 82.9 cm³/mol. The quantitative estimate of drug-likeness (QED) is 0.494. The molecule has 0 aromatic heterocycles. The van der Waals surface area contributed by atoms with Gasteiger partial charge in [-0.2, -0.15) is 5.26 Å². The molecule has 0 bridgehead atoms. The van der Waals surface area contributed by atoms with Crippen LogP contribution in [0.3, 0.4) is 0 Å². The lowest BCUT2D eigenvalue weighted by Crippen LogP contribution is -2.30. The molecule has 0 saturated heterocycles. The number of nitrogens with zero attached hydrogens (tertiary/aromatic N) is 2. The van der Waals surface area contributed by atoms with E-state index >= 15 is 0 Å². The highest BCUT2D eigenvalue weighted by molar-refractivity contribution is 5.97. The van der Waals surface area contributed by atoms with Gasteiger partial charge in [0.15, 0.2) is 0 Å². The van der Waals surface area contributed by atoms with Crippen molar-refractivity contribution in [2.75, 3.05) is 19.6 Å². The fourth-order valence-electron chi connectivity index (χ4n) is 1.68. The molecule has 0 aromatic rings. The Balaban J connectivity index is 4.67. The number of carbonyl (C=O) groups is 1. The van der Waals surface area contributed by atoms with Gasteiger partial charge in [0.1, 0.15) is 11.6 Å². The predicted octanol–water partition coefficient (Wildman–Crippen LogP) is 3.07. The second-order valence-corrected chi connectivity index (χ2v) is 5.50. The average molecular weight is 279 g/mol. The number of nitriles is 1. The van der Waals surface area contributed by atoms with Crippen molar-refractivity contribution in [1.29, 1.82) is 5.26 Å². The molecule has 0 radical (unpaired) electrons. The first-order valence-corrected chi connectivity index (χ1v) is 7.69. The Bertz CT molecular complexity index is 334. The van der Waals surface area contributed by atoms with E-state index in [1.807, 2.05) is 19.9 Å². The summed E-state index contributed by atoms with van der Waals surface area (Å²) in [6.07, 6.45) is 6.09. The van der Waals surface area contributed by atoms with Crippen LogP contribution < -0.4 is 5.32 Å². The fourth-order valence-corrected chi connectivity index (χ4v) is 1.68. The summed E-state index contributed by atoms with van der Waals surface area (Å²) in [7, 11) is 0. The van der Waals surface area contributed by atoms with Gasteiger partial charge < -0.3 is 10.2 Å². The minimum absolute atomic E-state index is 0.206. The smallest absolute Gasteiger partial charge is 0.263 e. The molecule has 0 rings (SSSR count). The maximum atomic E-state index is 11.9. The van der Waals surface area contributed by atoms with Crippen LogP contribution in [0.1, 0.15) is 53.4 Å². The molecule has 0 atom stereocenters. The highest BCUT2D eigenvalue weighted by atomic mass is 16.1. The SMILES string of the molecule is CCCCN(/C=C(/C#N)C(=O)NCC(C)C)CCCC. The van der Waals surface area contributed by atoms with Gasteiger partial charge in [0.05, 0.1) is 0 Å². The van der Waals surface area contributed by atoms with Crippen LogP contribution in [-0.2, 0) is 4.79 Å². The molecule has 1 N–H and O–H groups in total. The molecule has 0 saturated carbocycles. The minimum Gasteiger partial charge on any atom is -0.376 e. The van der Waals surface area contributed by atoms with E-state index < -0.39 is 0 Å². The number of unbranched alkanes of at least 4 members (excludes halogenated alkanes) is 2. The standard InChI is InChI=1S/C16H29N3O/c1-5-7-9-19(10-8-6-2)13-15(11-17)16(20)18-12-14(3)4/h13-14H,5-10,12H2,1-4H3,(H,18,20)/b15-13-. The van der Waals surface area contributed by atoms with Crippen molar-refractivity contribution < 1.29 is 4.79 Å². The molecule has 0 aliphatic rings. The Morgan fingerprint density at radius 2 is 1.80 bits per heavy atom. The Labute approximate surface area is 123 Å². The van der Waals surface area contributed by atoms with Crippen LogP contribution in [-0.4, -0.2) is 30.4 Å². The Hall–Kier alpha value is -1.50. The van der Waals surface area contributed by atoms with Crippen LogP contribution in [0.5, 0.6) is 0 Å². The zero-order chi connectivity index (χ0) is 15.4. The third kappa shape index (κ3) is 8.58. The molecule has 0 fully saturated rings. The molecule has 4 heteroatoms. The van der Waals surface area contributed by atoms with Crippen molar-refractivity contribution in [2.24, 2.45) is 5.92 Å². The van der Waals surface area contributed by atoms with Crippen molar-refractivity contribution in [3.8, 4) is 6.07 Å². The van der Waals surface area contributed by atoms with Gasteiger partial charge in [0.2, 0.25) is 0 Å². The van der Waals surface area contributed by atoms with E-state index in [4.69, 9.17) is 5.26 Å². The summed E-state index contributed by atoms with van der Waals surface area (Å²) >= 11 is 0. The van der Waals surface area contributed by atoms with Crippen molar-refractivity contribution >= 4 is 5.91 Å². The van der Waals surface area contributed by atoms with Crippen LogP contribution in [0.2, 0.25) is 0 Å². The maximum Gasteiger partial charge on any atom is 0.263 e. The normalized spacial score (nSPS) is 11.3. The summed E-state index contributed by atoms with van der Waals surface area (Å²) < 4.78 is 0. The zero-order valence-corrected chi connectivity index (χ0v) is 13.4. The lowest BCUT2D eigenvalue weighted by Gasteiger charge is -2.20. The van der Waals surface area contributed by atoms with E-state index in [1.54, 1.807) is 6.20 Å². The van der Waals surface area contributed by atoms with Crippen LogP contribution >= 0.6 is 0 Å². The van der Waals surface area contributed by atoms with Crippen molar-refractivity contribution in [3.05, 3.63) is 11.8 Å². The third-order valence-corrected chi connectivity index (χ3v) is 2.95. The van der Waals surface area contributed by atoms with E-state index in [1.165, 1.54) is 0 Å². The van der Waals surface area contributed by atoms with Crippen LogP contribution in [0.15, 0.2) is 11.8 Å². The van der Waals surface area contributed by atoms with Crippen LogP contribution in [0.25, 0.3) is 0 Å². The van der Waals surface area contributed by atoms with E-state index in [-0.39, 0.29) is 11.5 Å². The van der Waals surface area contributed by atoms with Gasteiger partial charge in [-0.15, -0.1) is 0 Å². The van der Waals surface area contributed by atoms with Gasteiger partial charge in [-0.1, -0.05) is 40.5 Å². The molecule has 20 heavy (non-hydrogen) atoms. The first-order chi connectivity index (χ1) is 9.54. The molecule has 0 spiro atoms. The van der Waals surface area contributed by atoms with Gasteiger partial charge in [-0.25, -0.2) is 0 Å². The Kier molecular flexibility index (Phi) is 10.5. The maximum absolute atomic E-state index is 11.9. The van der Waals surface area contributed by atoms with Gasteiger partial charge in [-0.3, -0.25) is 4.79 Å². The second-order valence-electron chi connectivity index (χ2n) is 5.50. The Morgan fingerprint density at radius 1 is 1.25 bits per heavy atom. The zero-order valence-electron chi connectivity index (χ0n) is 13.4. The summed E-state index contributed by atoms with van der Waals surface area (Å²) in [6, 6.07) is 2.02. The third-order valence-electron chi connectivity index (χ3n) is 2.95. The van der Waals surface area contributed by atoms with E-state index in [9.17, 15) is 4.79 Å². The lowest BCUT2D eigenvalue weighted by molar-refractivity contribution is -0.117. The summed E-state index contributed by atoms with van der Waals surface area (Å²) in [4.78, 5) is 14.0. The number of hydrogen-bond acceptors (Lipinski definition) is 3. The molecule has 114 valence electrons. The summed E-state index contributed by atoms with van der Waals surface area (Å²) in [5, 5.41) is 11.9.